The minimum atomic E-state index is -0.692. The van der Waals surface area contributed by atoms with Gasteiger partial charge in [0.25, 0.3) is 0 Å². The van der Waals surface area contributed by atoms with Crippen LogP contribution >= 0.6 is 0 Å². The van der Waals surface area contributed by atoms with Gasteiger partial charge in [-0.3, -0.25) is 9.59 Å². The van der Waals surface area contributed by atoms with Gasteiger partial charge in [-0.2, -0.15) is 0 Å². The Bertz CT molecular complexity index is 559. The minimum absolute atomic E-state index is 0.0230. The molecule has 4 heteroatoms. The van der Waals surface area contributed by atoms with E-state index in [1.807, 2.05) is 19.1 Å². The van der Waals surface area contributed by atoms with Crippen LogP contribution in [-0.4, -0.2) is 30.9 Å². The highest BCUT2D eigenvalue weighted by Gasteiger charge is 2.38. The molecular formula is C15H17NO3. The Balaban J connectivity index is 1.94. The highest BCUT2D eigenvalue weighted by molar-refractivity contribution is 6.05. The van der Waals surface area contributed by atoms with Crippen molar-refractivity contribution in [2.45, 2.75) is 31.8 Å². The number of likely N-dealkylation sites (N-methyl/N-ethyl adjacent to an activating group) is 1. The third kappa shape index (κ3) is 1.87. The average molecular weight is 259 g/mol. The van der Waals surface area contributed by atoms with Crippen molar-refractivity contribution < 1.29 is 14.3 Å². The first-order valence-electron chi connectivity index (χ1n) is 6.59. The molecule has 1 aromatic carbocycles. The summed E-state index contributed by atoms with van der Waals surface area (Å²) in [6.07, 6.45) is 2.07. The Hall–Kier alpha value is -1.68. The normalized spacial score (nSPS) is 25.8. The van der Waals surface area contributed by atoms with Crippen molar-refractivity contribution in [3.63, 3.8) is 0 Å². The van der Waals surface area contributed by atoms with Gasteiger partial charge in [-0.05, 0) is 43.5 Å². The van der Waals surface area contributed by atoms with E-state index in [1.165, 1.54) is 0 Å². The molecule has 0 spiro atoms. The van der Waals surface area contributed by atoms with E-state index < -0.39 is 5.60 Å². The van der Waals surface area contributed by atoms with E-state index in [2.05, 4.69) is 0 Å². The highest BCUT2D eigenvalue weighted by Crippen LogP contribution is 2.32. The van der Waals surface area contributed by atoms with E-state index in [0.29, 0.717) is 18.6 Å². The largest absolute Gasteiger partial charge is 0.367 e. The van der Waals surface area contributed by atoms with Crippen LogP contribution in [0.2, 0.25) is 0 Å². The molecule has 2 heterocycles. The maximum Gasteiger partial charge on any atom is 0.231 e. The second kappa shape index (κ2) is 4.17. The van der Waals surface area contributed by atoms with Crippen molar-refractivity contribution in [2.75, 3.05) is 18.6 Å². The molecule has 1 unspecified atom stereocenters. The van der Waals surface area contributed by atoms with E-state index >= 15 is 0 Å². The monoisotopic (exact) mass is 259 g/mol. The molecule has 2 aliphatic heterocycles. The maximum atomic E-state index is 12.5. The van der Waals surface area contributed by atoms with Crippen LogP contribution < -0.4 is 4.90 Å². The predicted octanol–water partition coefficient (Wildman–Crippen LogP) is 1.96. The number of hydrogen-bond donors (Lipinski definition) is 0. The van der Waals surface area contributed by atoms with Crippen LogP contribution in [0.5, 0.6) is 0 Å². The van der Waals surface area contributed by atoms with Gasteiger partial charge in [-0.25, -0.2) is 0 Å². The third-order valence-corrected chi connectivity index (χ3v) is 4.12. The molecule has 2 aliphatic rings. The average Bonchev–Trinajstić information content (AvgIpc) is 2.95. The molecule has 0 N–H and O–H groups in total. The number of benzene rings is 1. The number of fused-ring (bicyclic) bond motifs is 1. The SMILES string of the molecule is CN1C(=O)Cc2cc(C(=O)C3(C)CCCO3)ccc21. The Labute approximate surface area is 112 Å². The molecule has 1 atom stereocenters. The fraction of sp³-hybridized carbons (Fsp3) is 0.467. The number of amides is 1. The van der Waals surface area contributed by atoms with Crippen molar-refractivity contribution in [2.24, 2.45) is 0 Å². The van der Waals surface area contributed by atoms with Gasteiger partial charge in [-0.15, -0.1) is 0 Å². The lowest BCUT2D eigenvalue weighted by Gasteiger charge is -2.21. The lowest BCUT2D eigenvalue weighted by molar-refractivity contribution is -0.117. The first-order valence-corrected chi connectivity index (χ1v) is 6.59. The minimum Gasteiger partial charge on any atom is -0.367 e. The Morgan fingerprint density at radius 2 is 2.21 bits per heavy atom. The molecule has 0 saturated carbocycles. The van der Waals surface area contributed by atoms with Crippen molar-refractivity contribution >= 4 is 17.4 Å². The van der Waals surface area contributed by atoms with Gasteiger partial charge < -0.3 is 9.64 Å². The van der Waals surface area contributed by atoms with E-state index in [-0.39, 0.29) is 11.7 Å². The number of carbonyl (C=O) groups is 2. The molecule has 1 fully saturated rings. The first kappa shape index (κ1) is 12.4. The Morgan fingerprint density at radius 1 is 1.42 bits per heavy atom. The predicted molar refractivity (Wildman–Crippen MR) is 71.5 cm³/mol. The zero-order chi connectivity index (χ0) is 13.6. The summed E-state index contributed by atoms with van der Waals surface area (Å²) in [4.78, 5) is 25.8. The number of ether oxygens (including phenoxy) is 1. The Morgan fingerprint density at radius 3 is 2.89 bits per heavy atom. The van der Waals surface area contributed by atoms with Crippen LogP contribution in [0.15, 0.2) is 18.2 Å². The number of rotatable bonds is 2. The number of anilines is 1. The van der Waals surface area contributed by atoms with Gasteiger partial charge in [0.2, 0.25) is 5.91 Å². The zero-order valence-electron chi connectivity index (χ0n) is 11.2. The van der Waals surface area contributed by atoms with Crippen LogP contribution in [0.1, 0.15) is 35.7 Å². The van der Waals surface area contributed by atoms with E-state index in [0.717, 1.165) is 24.1 Å². The smallest absolute Gasteiger partial charge is 0.231 e. The summed E-state index contributed by atoms with van der Waals surface area (Å²) in [6.45, 7) is 2.50. The van der Waals surface area contributed by atoms with Gasteiger partial charge in [0.15, 0.2) is 5.78 Å². The molecule has 0 radical (unpaired) electrons. The summed E-state index contributed by atoms with van der Waals surface area (Å²) in [5, 5.41) is 0. The molecule has 19 heavy (non-hydrogen) atoms. The summed E-state index contributed by atoms with van der Waals surface area (Å²) < 4.78 is 5.59. The molecule has 1 saturated heterocycles. The van der Waals surface area contributed by atoms with Gasteiger partial charge in [0.05, 0.1) is 6.42 Å². The molecule has 100 valence electrons. The van der Waals surface area contributed by atoms with Crippen LogP contribution in [0.4, 0.5) is 5.69 Å². The highest BCUT2D eigenvalue weighted by atomic mass is 16.5. The van der Waals surface area contributed by atoms with Crippen molar-refractivity contribution in [3.8, 4) is 0 Å². The molecular weight excluding hydrogens is 242 g/mol. The summed E-state index contributed by atoms with van der Waals surface area (Å²) in [5.74, 6) is 0.0951. The zero-order valence-corrected chi connectivity index (χ0v) is 11.2. The van der Waals surface area contributed by atoms with Gasteiger partial charge in [-0.1, -0.05) is 0 Å². The summed E-state index contributed by atoms with van der Waals surface area (Å²) >= 11 is 0. The third-order valence-electron chi connectivity index (χ3n) is 4.12. The van der Waals surface area contributed by atoms with E-state index in [4.69, 9.17) is 4.74 Å². The molecule has 0 aliphatic carbocycles. The second-order valence-corrected chi connectivity index (χ2v) is 5.49. The van der Waals surface area contributed by atoms with Crippen LogP contribution in [-0.2, 0) is 16.0 Å². The van der Waals surface area contributed by atoms with Crippen LogP contribution in [0.25, 0.3) is 0 Å². The fourth-order valence-electron chi connectivity index (χ4n) is 2.87. The maximum absolute atomic E-state index is 12.5. The molecule has 0 aromatic heterocycles. The lowest BCUT2D eigenvalue weighted by Crippen LogP contribution is -2.34. The van der Waals surface area contributed by atoms with Crippen molar-refractivity contribution in [3.05, 3.63) is 29.3 Å². The number of hydrogen-bond acceptors (Lipinski definition) is 3. The molecule has 4 nitrogen and oxygen atoms in total. The standard InChI is InChI=1S/C15H17NO3/c1-15(6-3-7-19-15)14(18)10-4-5-12-11(8-10)9-13(17)16(12)2/h4-5,8H,3,6-7,9H2,1-2H3. The van der Waals surface area contributed by atoms with E-state index in [9.17, 15) is 9.59 Å². The molecule has 1 amide bonds. The van der Waals surface area contributed by atoms with Crippen LogP contribution in [0, 0.1) is 0 Å². The van der Waals surface area contributed by atoms with Gasteiger partial charge in [0.1, 0.15) is 5.60 Å². The van der Waals surface area contributed by atoms with Gasteiger partial charge in [0, 0.05) is 24.9 Å². The summed E-state index contributed by atoms with van der Waals surface area (Å²) in [6, 6.07) is 5.49. The number of nitrogens with zero attached hydrogens (tertiary/aromatic N) is 1. The number of ketones is 1. The number of carbonyl (C=O) groups excluding carboxylic acids is 2. The quantitative estimate of drug-likeness (QED) is 0.763. The topological polar surface area (TPSA) is 46.6 Å². The Kier molecular flexibility index (Phi) is 2.71. The molecule has 1 aromatic rings. The molecule has 3 rings (SSSR count). The fourth-order valence-corrected chi connectivity index (χ4v) is 2.87. The van der Waals surface area contributed by atoms with Crippen molar-refractivity contribution in [1.29, 1.82) is 0 Å². The second-order valence-electron chi connectivity index (χ2n) is 5.49. The van der Waals surface area contributed by atoms with Crippen molar-refractivity contribution in [1.82, 2.24) is 0 Å². The van der Waals surface area contributed by atoms with E-state index in [1.54, 1.807) is 18.0 Å². The first-order chi connectivity index (χ1) is 9.01. The van der Waals surface area contributed by atoms with Crippen LogP contribution in [0.3, 0.4) is 0 Å². The number of Topliss-reactive ketones (excluding diaryl/α,β-unsaturated/α-hetero) is 1. The lowest BCUT2D eigenvalue weighted by atomic mass is 9.91. The molecule has 0 bridgehead atoms. The summed E-state index contributed by atoms with van der Waals surface area (Å²) in [5.41, 5.74) is 1.79. The summed E-state index contributed by atoms with van der Waals surface area (Å²) in [7, 11) is 1.76. The van der Waals surface area contributed by atoms with Gasteiger partial charge >= 0.3 is 0 Å².